The van der Waals surface area contributed by atoms with Gasteiger partial charge >= 0.3 is 23.9 Å². The largest absolute Gasteiger partial charge is 0.453 e. The van der Waals surface area contributed by atoms with Gasteiger partial charge in [-0.05, 0) is 43.7 Å². The summed E-state index contributed by atoms with van der Waals surface area (Å²) in [6.07, 6.45) is -0.876. The summed E-state index contributed by atoms with van der Waals surface area (Å²) in [5, 5.41) is 0. The molecule has 8 heteroatoms. The van der Waals surface area contributed by atoms with Gasteiger partial charge in [-0.15, -0.1) is 0 Å². The number of benzene rings is 2. The molecule has 4 rings (SSSR count). The van der Waals surface area contributed by atoms with Crippen LogP contribution < -0.4 is 14.2 Å². The first-order valence-corrected chi connectivity index (χ1v) is 10.6. The van der Waals surface area contributed by atoms with Gasteiger partial charge in [0, 0.05) is 28.2 Å². The van der Waals surface area contributed by atoms with E-state index in [9.17, 15) is 19.2 Å². The van der Waals surface area contributed by atoms with Crippen LogP contribution in [0.2, 0.25) is 0 Å². The maximum Gasteiger partial charge on any atom is 0.338 e. The van der Waals surface area contributed by atoms with E-state index in [0.29, 0.717) is 22.4 Å². The number of rotatable bonds is 5. The number of carbonyl (C=O) groups excluding carboxylic acids is 4. The molecule has 2 aliphatic heterocycles. The molecule has 2 atom stereocenters. The molecule has 0 saturated heterocycles. The second-order valence-electron chi connectivity index (χ2n) is 8.25. The SMILES string of the molecule is C=C(C)C(=O)Oc1ccc2c(c1)C(c1ccc3c(c1)OC(=O)CC3OC(=O)C(=C)C)CC(=O)O2. The monoisotopic (exact) mass is 462 g/mol. The highest BCUT2D eigenvalue weighted by Gasteiger charge is 2.34. The van der Waals surface area contributed by atoms with Gasteiger partial charge in [0.15, 0.2) is 0 Å². The molecule has 0 fully saturated rings. The van der Waals surface area contributed by atoms with Crippen molar-refractivity contribution in [3.63, 3.8) is 0 Å². The van der Waals surface area contributed by atoms with E-state index in [2.05, 4.69) is 13.2 Å². The number of esters is 4. The fourth-order valence-electron chi connectivity index (χ4n) is 3.77. The van der Waals surface area contributed by atoms with Gasteiger partial charge in [0.2, 0.25) is 0 Å². The Morgan fingerprint density at radius 2 is 1.53 bits per heavy atom. The van der Waals surface area contributed by atoms with E-state index < -0.39 is 35.9 Å². The van der Waals surface area contributed by atoms with E-state index in [4.69, 9.17) is 18.9 Å². The third kappa shape index (κ3) is 4.61. The summed E-state index contributed by atoms with van der Waals surface area (Å²) < 4.78 is 21.5. The molecule has 174 valence electrons. The predicted octanol–water partition coefficient (Wildman–Crippen LogP) is 4.08. The maximum atomic E-state index is 12.3. The molecule has 0 saturated carbocycles. The molecule has 2 aromatic rings. The highest BCUT2D eigenvalue weighted by molar-refractivity contribution is 5.89. The van der Waals surface area contributed by atoms with Crippen molar-refractivity contribution in [2.75, 3.05) is 0 Å². The Balaban J connectivity index is 1.69. The van der Waals surface area contributed by atoms with Crippen LogP contribution in [0.1, 0.15) is 55.4 Å². The fourth-order valence-corrected chi connectivity index (χ4v) is 3.77. The van der Waals surface area contributed by atoms with E-state index >= 15 is 0 Å². The van der Waals surface area contributed by atoms with Crippen LogP contribution >= 0.6 is 0 Å². The first-order chi connectivity index (χ1) is 16.1. The van der Waals surface area contributed by atoms with Crippen LogP contribution in [-0.2, 0) is 23.9 Å². The molecular weight excluding hydrogens is 440 g/mol. The number of fused-ring (bicyclic) bond motifs is 2. The minimum Gasteiger partial charge on any atom is -0.453 e. The lowest BCUT2D eigenvalue weighted by Gasteiger charge is -2.28. The molecule has 0 bridgehead atoms. The minimum absolute atomic E-state index is 0.0334. The van der Waals surface area contributed by atoms with E-state index in [1.165, 1.54) is 13.0 Å². The van der Waals surface area contributed by atoms with Crippen molar-refractivity contribution in [1.29, 1.82) is 0 Å². The van der Waals surface area contributed by atoms with E-state index in [1.54, 1.807) is 37.3 Å². The van der Waals surface area contributed by atoms with Crippen molar-refractivity contribution in [3.8, 4) is 17.2 Å². The summed E-state index contributed by atoms with van der Waals surface area (Å²) in [7, 11) is 0. The third-order valence-electron chi connectivity index (χ3n) is 5.47. The molecule has 0 radical (unpaired) electrons. The van der Waals surface area contributed by atoms with Gasteiger partial charge in [-0.2, -0.15) is 0 Å². The first kappa shape index (κ1) is 23.0. The maximum absolute atomic E-state index is 12.3. The zero-order valence-corrected chi connectivity index (χ0v) is 18.7. The summed E-state index contributed by atoms with van der Waals surface area (Å²) in [6, 6.07) is 9.86. The van der Waals surface area contributed by atoms with Gasteiger partial charge in [0.25, 0.3) is 0 Å². The number of hydrogen-bond donors (Lipinski definition) is 0. The smallest absolute Gasteiger partial charge is 0.338 e. The van der Waals surface area contributed by atoms with Crippen LogP contribution in [0, 0.1) is 0 Å². The minimum atomic E-state index is -0.800. The van der Waals surface area contributed by atoms with Crippen molar-refractivity contribution >= 4 is 23.9 Å². The molecule has 2 aliphatic rings. The standard InChI is InChI=1S/C26H22O8/c1-13(2)25(29)31-16-6-8-20-19(10-16)18(11-23(27)32-20)15-5-7-17-21(9-15)33-24(28)12-22(17)34-26(30)14(3)4/h5-10,18,22H,1,3,11-12H2,2,4H3. The molecular formula is C26H22O8. The number of hydrogen-bond acceptors (Lipinski definition) is 8. The number of carbonyl (C=O) groups is 4. The second-order valence-corrected chi connectivity index (χ2v) is 8.25. The Morgan fingerprint density at radius 1 is 0.853 bits per heavy atom. The average molecular weight is 462 g/mol. The molecule has 0 aromatic heterocycles. The molecule has 0 aliphatic carbocycles. The van der Waals surface area contributed by atoms with Gasteiger partial charge in [-0.1, -0.05) is 25.3 Å². The third-order valence-corrected chi connectivity index (χ3v) is 5.47. The Kier molecular flexibility index (Phi) is 6.06. The van der Waals surface area contributed by atoms with Gasteiger partial charge in [-0.25, -0.2) is 9.59 Å². The zero-order valence-electron chi connectivity index (χ0n) is 18.7. The van der Waals surface area contributed by atoms with Crippen molar-refractivity contribution in [2.45, 2.75) is 38.7 Å². The van der Waals surface area contributed by atoms with Crippen LogP contribution in [0.3, 0.4) is 0 Å². The van der Waals surface area contributed by atoms with Crippen molar-refractivity contribution in [3.05, 3.63) is 77.4 Å². The molecule has 0 N–H and O–H groups in total. The summed E-state index contributed by atoms with van der Waals surface area (Å²) >= 11 is 0. The lowest BCUT2D eigenvalue weighted by molar-refractivity contribution is -0.151. The fraction of sp³-hybridized carbons (Fsp3) is 0.231. The lowest BCUT2D eigenvalue weighted by atomic mass is 9.85. The number of ether oxygens (including phenoxy) is 4. The lowest BCUT2D eigenvalue weighted by Crippen LogP contribution is -2.25. The molecule has 0 spiro atoms. The Hall–Kier alpha value is -4.20. The summed E-state index contributed by atoms with van der Waals surface area (Å²) in [6.45, 7) is 10.2. The quantitative estimate of drug-likeness (QED) is 0.372. The van der Waals surface area contributed by atoms with Crippen LogP contribution in [0.25, 0.3) is 0 Å². The van der Waals surface area contributed by atoms with Crippen LogP contribution in [-0.4, -0.2) is 23.9 Å². The molecule has 2 heterocycles. The van der Waals surface area contributed by atoms with Crippen LogP contribution in [0.4, 0.5) is 0 Å². The van der Waals surface area contributed by atoms with Gasteiger partial charge in [-0.3, -0.25) is 9.59 Å². The van der Waals surface area contributed by atoms with E-state index in [1.807, 2.05) is 0 Å². The van der Waals surface area contributed by atoms with E-state index in [0.717, 1.165) is 0 Å². The van der Waals surface area contributed by atoms with Gasteiger partial charge in [0.1, 0.15) is 23.4 Å². The Morgan fingerprint density at radius 3 is 2.24 bits per heavy atom. The van der Waals surface area contributed by atoms with Crippen LogP contribution in [0.5, 0.6) is 17.2 Å². The van der Waals surface area contributed by atoms with Crippen LogP contribution in [0.15, 0.2) is 60.7 Å². The summed E-state index contributed by atoms with van der Waals surface area (Å²) in [5.74, 6) is -1.70. The highest BCUT2D eigenvalue weighted by atomic mass is 16.6. The van der Waals surface area contributed by atoms with Crippen molar-refractivity contribution < 1.29 is 38.1 Å². The second kappa shape index (κ2) is 8.97. The van der Waals surface area contributed by atoms with Crippen molar-refractivity contribution in [2.24, 2.45) is 0 Å². The molecule has 8 nitrogen and oxygen atoms in total. The molecule has 34 heavy (non-hydrogen) atoms. The normalized spacial score (nSPS) is 18.5. The molecule has 0 amide bonds. The first-order valence-electron chi connectivity index (χ1n) is 10.6. The molecule has 2 aromatic carbocycles. The van der Waals surface area contributed by atoms with Gasteiger partial charge < -0.3 is 18.9 Å². The summed E-state index contributed by atoms with van der Waals surface area (Å²) in [5.41, 5.74) is 2.33. The molecule has 2 unspecified atom stereocenters. The average Bonchev–Trinajstić information content (AvgIpc) is 2.78. The Bertz CT molecular complexity index is 1260. The van der Waals surface area contributed by atoms with E-state index in [-0.39, 0.29) is 35.5 Å². The zero-order chi connectivity index (χ0) is 24.6. The Labute approximate surface area is 195 Å². The summed E-state index contributed by atoms with van der Waals surface area (Å²) in [4.78, 5) is 48.4. The highest BCUT2D eigenvalue weighted by Crippen LogP contribution is 2.44. The van der Waals surface area contributed by atoms with Gasteiger partial charge in [0.05, 0.1) is 12.8 Å². The topological polar surface area (TPSA) is 105 Å². The van der Waals surface area contributed by atoms with Crippen molar-refractivity contribution in [1.82, 2.24) is 0 Å². The predicted molar refractivity (Wildman–Crippen MR) is 119 cm³/mol.